The minimum atomic E-state index is -0.560. The Bertz CT molecular complexity index is 934. The van der Waals surface area contributed by atoms with Crippen LogP contribution in [-0.4, -0.2) is 34.9 Å². The molecule has 7 heteroatoms. The Kier molecular flexibility index (Phi) is 4.81. The summed E-state index contributed by atoms with van der Waals surface area (Å²) in [6.07, 6.45) is 0.826. The van der Waals surface area contributed by atoms with Crippen LogP contribution in [0.15, 0.2) is 47.2 Å². The van der Waals surface area contributed by atoms with Crippen molar-refractivity contribution in [1.29, 1.82) is 0 Å². The van der Waals surface area contributed by atoms with Crippen LogP contribution in [0.3, 0.4) is 0 Å². The zero-order chi connectivity index (χ0) is 17.9. The molecule has 26 heavy (non-hydrogen) atoms. The van der Waals surface area contributed by atoms with Gasteiger partial charge in [-0.25, -0.2) is 9.78 Å². The van der Waals surface area contributed by atoms with E-state index < -0.39 is 5.97 Å². The summed E-state index contributed by atoms with van der Waals surface area (Å²) in [6.45, 7) is 0.950. The Morgan fingerprint density at radius 1 is 1.12 bits per heavy atom. The lowest BCUT2D eigenvalue weighted by Gasteiger charge is -2.28. The smallest absolute Gasteiger partial charge is 0.358 e. The number of hydrogen-bond donors (Lipinski definition) is 0. The number of rotatable bonds is 4. The van der Waals surface area contributed by atoms with E-state index in [0.29, 0.717) is 13.1 Å². The summed E-state index contributed by atoms with van der Waals surface area (Å²) < 4.78 is 5.18. The van der Waals surface area contributed by atoms with Crippen LogP contribution in [0.1, 0.15) is 21.6 Å². The number of aromatic nitrogens is 1. The molecule has 132 valence electrons. The van der Waals surface area contributed by atoms with E-state index in [4.69, 9.17) is 4.74 Å². The number of ether oxygens (including phenoxy) is 1. The third kappa shape index (κ3) is 3.54. The second kappa shape index (κ2) is 7.39. The average Bonchev–Trinajstić information content (AvgIpc) is 3.36. The zero-order valence-corrected chi connectivity index (χ0v) is 15.5. The van der Waals surface area contributed by atoms with E-state index in [-0.39, 0.29) is 18.2 Å². The third-order valence-corrected chi connectivity index (χ3v) is 6.14. The molecule has 0 saturated heterocycles. The van der Waals surface area contributed by atoms with Gasteiger partial charge in [-0.1, -0.05) is 30.3 Å². The Balaban J connectivity index is 1.34. The van der Waals surface area contributed by atoms with E-state index in [1.54, 1.807) is 21.6 Å². The lowest BCUT2D eigenvalue weighted by Crippen LogP contribution is -2.38. The van der Waals surface area contributed by atoms with Gasteiger partial charge in [0.25, 0.3) is 5.91 Å². The van der Waals surface area contributed by atoms with Gasteiger partial charge in [-0.15, -0.1) is 22.7 Å². The maximum atomic E-state index is 12.4. The topological polar surface area (TPSA) is 59.5 Å². The van der Waals surface area contributed by atoms with E-state index in [1.165, 1.54) is 16.9 Å². The number of thiazole rings is 1. The largest absolute Gasteiger partial charge is 0.451 e. The van der Waals surface area contributed by atoms with Gasteiger partial charge in [-0.3, -0.25) is 4.79 Å². The maximum absolute atomic E-state index is 12.4. The van der Waals surface area contributed by atoms with Gasteiger partial charge < -0.3 is 9.64 Å². The number of fused-ring (bicyclic) bond motifs is 1. The number of amides is 1. The van der Waals surface area contributed by atoms with Crippen molar-refractivity contribution in [1.82, 2.24) is 9.88 Å². The molecule has 1 amide bonds. The molecule has 2 aromatic heterocycles. The van der Waals surface area contributed by atoms with Crippen LogP contribution in [0, 0.1) is 0 Å². The van der Waals surface area contributed by atoms with E-state index in [9.17, 15) is 9.59 Å². The minimum absolute atomic E-state index is 0.179. The molecule has 4 rings (SSSR count). The van der Waals surface area contributed by atoms with Gasteiger partial charge in [0.15, 0.2) is 12.3 Å². The molecule has 0 fully saturated rings. The van der Waals surface area contributed by atoms with Gasteiger partial charge in [0.1, 0.15) is 5.01 Å². The molecule has 0 saturated carbocycles. The molecular weight excluding hydrogens is 368 g/mol. The first-order valence-corrected chi connectivity index (χ1v) is 9.98. The van der Waals surface area contributed by atoms with Crippen molar-refractivity contribution in [2.45, 2.75) is 13.0 Å². The molecule has 1 aliphatic rings. The molecule has 5 nitrogen and oxygen atoms in total. The highest BCUT2D eigenvalue weighted by molar-refractivity contribution is 7.20. The molecule has 0 N–H and O–H groups in total. The van der Waals surface area contributed by atoms with Gasteiger partial charge in [-0.05, 0) is 29.0 Å². The summed E-state index contributed by atoms with van der Waals surface area (Å²) in [5.41, 5.74) is 2.67. The third-order valence-electron chi connectivity index (χ3n) is 4.26. The van der Waals surface area contributed by atoms with Gasteiger partial charge in [0, 0.05) is 18.5 Å². The van der Waals surface area contributed by atoms with Crippen molar-refractivity contribution >= 4 is 34.6 Å². The Morgan fingerprint density at radius 2 is 1.96 bits per heavy atom. The number of carbonyl (C=O) groups is 2. The van der Waals surface area contributed by atoms with E-state index in [0.717, 1.165) is 21.9 Å². The quantitative estimate of drug-likeness (QED) is 0.645. The van der Waals surface area contributed by atoms with Gasteiger partial charge in [0.2, 0.25) is 0 Å². The van der Waals surface area contributed by atoms with Gasteiger partial charge in [-0.2, -0.15) is 0 Å². The highest BCUT2D eigenvalue weighted by Crippen LogP contribution is 2.28. The van der Waals surface area contributed by atoms with E-state index >= 15 is 0 Å². The lowest BCUT2D eigenvalue weighted by molar-refractivity contribution is -0.135. The Morgan fingerprint density at radius 3 is 2.77 bits per heavy atom. The maximum Gasteiger partial charge on any atom is 0.358 e. The summed E-state index contributed by atoms with van der Waals surface area (Å²) in [5.74, 6) is -0.739. The van der Waals surface area contributed by atoms with Crippen LogP contribution in [0.25, 0.3) is 9.88 Å². The average molecular weight is 384 g/mol. The van der Waals surface area contributed by atoms with Crippen LogP contribution >= 0.6 is 22.7 Å². The van der Waals surface area contributed by atoms with Gasteiger partial charge in [0.05, 0.1) is 4.88 Å². The SMILES string of the molecule is O=C(OCC(=O)N1CCc2ccccc2C1)c1csc(-c2cccs2)n1. The number of esters is 1. The highest BCUT2D eigenvalue weighted by atomic mass is 32.1. The molecule has 1 aliphatic heterocycles. The van der Waals surface area contributed by atoms with Crippen molar-refractivity contribution < 1.29 is 14.3 Å². The van der Waals surface area contributed by atoms with Crippen molar-refractivity contribution in [3.63, 3.8) is 0 Å². The van der Waals surface area contributed by atoms with Crippen LogP contribution < -0.4 is 0 Å². The van der Waals surface area contributed by atoms with Crippen LogP contribution in [0.5, 0.6) is 0 Å². The number of hydrogen-bond acceptors (Lipinski definition) is 6. The first kappa shape index (κ1) is 16.9. The molecule has 3 heterocycles. The molecule has 0 atom stereocenters. The monoisotopic (exact) mass is 384 g/mol. The molecule has 0 bridgehead atoms. The highest BCUT2D eigenvalue weighted by Gasteiger charge is 2.22. The van der Waals surface area contributed by atoms with Crippen molar-refractivity contribution in [2.75, 3.05) is 13.2 Å². The van der Waals surface area contributed by atoms with Crippen molar-refractivity contribution in [3.8, 4) is 9.88 Å². The summed E-state index contributed by atoms with van der Waals surface area (Å²) in [5, 5.41) is 4.41. The van der Waals surface area contributed by atoms with Crippen LogP contribution in [-0.2, 0) is 22.5 Å². The van der Waals surface area contributed by atoms with Crippen LogP contribution in [0.2, 0.25) is 0 Å². The van der Waals surface area contributed by atoms with Crippen molar-refractivity contribution in [2.24, 2.45) is 0 Å². The zero-order valence-electron chi connectivity index (χ0n) is 13.9. The molecular formula is C19H16N2O3S2. The molecule has 0 radical (unpaired) electrons. The number of thiophene rings is 1. The Labute approximate surface area is 158 Å². The predicted octanol–water partition coefficient (Wildman–Crippen LogP) is 3.61. The molecule has 1 aromatic carbocycles. The number of benzene rings is 1. The Hall–Kier alpha value is -2.51. The summed E-state index contributed by atoms with van der Waals surface area (Å²) in [6, 6.07) is 12.0. The van der Waals surface area contributed by atoms with Crippen LogP contribution in [0.4, 0.5) is 0 Å². The summed E-state index contributed by atoms with van der Waals surface area (Å²) in [4.78, 5) is 31.6. The number of carbonyl (C=O) groups excluding carboxylic acids is 2. The predicted molar refractivity (Wildman–Crippen MR) is 101 cm³/mol. The number of nitrogens with zero attached hydrogens (tertiary/aromatic N) is 2. The second-order valence-corrected chi connectivity index (χ2v) is 7.73. The molecule has 3 aromatic rings. The lowest BCUT2D eigenvalue weighted by atomic mass is 10.00. The van der Waals surface area contributed by atoms with E-state index in [1.807, 2.05) is 35.7 Å². The summed E-state index contributed by atoms with van der Waals surface area (Å²) in [7, 11) is 0. The molecule has 0 unspecified atom stereocenters. The van der Waals surface area contributed by atoms with Crippen molar-refractivity contribution in [3.05, 3.63) is 64.0 Å². The second-order valence-electron chi connectivity index (χ2n) is 5.93. The first-order valence-electron chi connectivity index (χ1n) is 8.22. The van der Waals surface area contributed by atoms with Gasteiger partial charge >= 0.3 is 5.97 Å². The molecule has 0 spiro atoms. The minimum Gasteiger partial charge on any atom is -0.451 e. The van der Waals surface area contributed by atoms with E-state index in [2.05, 4.69) is 11.1 Å². The first-order chi connectivity index (χ1) is 12.7. The normalized spacial score (nSPS) is 13.3. The fraction of sp³-hybridized carbons (Fsp3) is 0.211. The fourth-order valence-electron chi connectivity index (χ4n) is 2.88. The fourth-order valence-corrected chi connectivity index (χ4v) is 4.49. The molecule has 0 aliphatic carbocycles. The standard InChI is InChI=1S/C19H16N2O3S2/c22-17(21-8-7-13-4-1-2-5-14(13)10-21)11-24-19(23)15-12-26-18(20-15)16-6-3-9-25-16/h1-6,9,12H,7-8,10-11H2. The summed E-state index contributed by atoms with van der Waals surface area (Å²) >= 11 is 2.96.